The van der Waals surface area contributed by atoms with Crippen LogP contribution >= 0.6 is 27.5 Å². The first-order chi connectivity index (χ1) is 12.2. The molecule has 0 atom stereocenters. The van der Waals surface area contributed by atoms with E-state index in [9.17, 15) is 0 Å². The van der Waals surface area contributed by atoms with Gasteiger partial charge in [0, 0.05) is 17.0 Å². The van der Waals surface area contributed by atoms with Gasteiger partial charge in [0.2, 0.25) is 11.2 Å². The lowest BCUT2D eigenvalue weighted by molar-refractivity contribution is 0.453. The number of fused-ring (bicyclic) bond motifs is 1. The second-order valence-electron chi connectivity index (χ2n) is 5.34. The molecule has 25 heavy (non-hydrogen) atoms. The van der Waals surface area contributed by atoms with Crippen molar-refractivity contribution in [2.45, 2.75) is 5.33 Å². The number of rotatable bonds is 4. The van der Waals surface area contributed by atoms with Gasteiger partial charge in [-0.05, 0) is 34.9 Å². The van der Waals surface area contributed by atoms with E-state index in [1.165, 1.54) is 4.52 Å². The molecule has 0 aliphatic rings. The van der Waals surface area contributed by atoms with E-state index in [0.29, 0.717) is 11.5 Å². The molecular weight excluding hydrogens is 404 g/mol. The van der Waals surface area contributed by atoms with E-state index < -0.39 is 0 Å². The van der Waals surface area contributed by atoms with Crippen molar-refractivity contribution < 1.29 is 4.74 Å². The lowest BCUT2D eigenvalue weighted by Gasteiger charge is -2.12. The largest absolute Gasteiger partial charge is 0.437 e. The SMILES string of the molecule is Clc1nnc2ccc(Oc3cc(CBr)ccc3-c3ccccc3)nn12. The van der Waals surface area contributed by atoms with Gasteiger partial charge in [-0.3, -0.25) is 0 Å². The number of halogens is 2. The molecule has 2 aromatic carbocycles. The third kappa shape index (κ3) is 3.23. The quantitative estimate of drug-likeness (QED) is 0.433. The maximum absolute atomic E-state index is 6.07. The van der Waals surface area contributed by atoms with Crippen LogP contribution in [0, 0.1) is 0 Å². The molecule has 0 saturated heterocycles. The van der Waals surface area contributed by atoms with E-state index >= 15 is 0 Å². The number of alkyl halides is 1. The maximum Gasteiger partial charge on any atom is 0.246 e. The average Bonchev–Trinajstić information content (AvgIpc) is 3.03. The highest BCUT2D eigenvalue weighted by Crippen LogP contribution is 2.34. The Morgan fingerprint density at radius 3 is 2.64 bits per heavy atom. The molecule has 0 bridgehead atoms. The summed E-state index contributed by atoms with van der Waals surface area (Å²) in [4.78, 5) is 0. The Hall–Kier alpha value is -2.44. The van der Waals surface area contributed by atoms with Crippen LogP contribution in [0.1, 0.15) is 5.56 Å². The summed E-state index contributed by atoms with van der Waals surface area (Å²) in [5, 5.41) is 13.0. The molecule has 0 unspecified atom stereocenters. The predicted molar refractivity (Wildman–Crippen MR) is 100 cm³/mol. The molecule has 2 heterocycles. The fourth-order valence-corrected chi connectivity index (χ4v) is 3.01. The second-order valence-corrected chi connectivity index (χ2v) is 6.24. The average molecular weight is 416 g/mol. The van der Waals surface area contributed by atoms with Crippen molar-refractivity contribution in [3.05, 3.63) is 71.5 Å². The molecular formula is C18H12BrClN4O. The molecule has 0 fully saturated rings. The summed E-state index contributed by atoms with van der Waals surface area (Å²) in [5.41, 5.74) is 3.73. The number of hydrogen-bond donors (Lipinski definition) is 0. The third-order valence-electron chi connectivity index (χ3n) is 3.70. The molecule has 5 nitrogen and oxygen atoms in total. The van der Waals surface area contributed by atoms with Crippen LogP contribution in [0.2, 0.25) is 5.28 Å². The zero-order valence-corrected chi connectivity index (χ0v) is 15.3. The van der Waals surface area contributed by atoms with Crippen LogP contribution in [-0.4, -0.2) is 19.8 Å². The van der Waals surface area contributed by atoms with Gasteiger partial charge in [0.25, 0.3) is 0 Å². The van der Waals surface area contributed by atoms with E-state index in [4.69, 9.17) is 16.3 Å². The fourth-order valence-electron chi connectivity index (χ4n) is 2.50. The standard InChI is InChI=1S/C18H12BrClN4O/c19-11-12-6-7-14(13-4-2-1-3-5-13)15(10-12)25-17-9-8-16-21-22-18(20)24(16)23-17/h1-10H,11H2. The topological polar surface area (TPSA) is 52.3 Å². The van der Waals surface area contributed by atoms with Crippen LogP contribution < -0.4 is 4.74 Å². The van der Waals surface area contributed by atoms with E-state index in [-0.39, 0.29) is 5.28 Å². The molecule has 4 aromatic rings. The predicted octanol–water partition coefficient (Wildman–Crippen LogP) is 5.13. The van der Waals surface area contributed by atoms with Crippen molar-refractivity contribution in [1.29, 1.82) is 0 Å². The second kappa shape index (κ2) is 6.82. The Balaban J connectivity index is 1.78. The fraction of sp³-hybridized carbons (Fsp3) is 0.0556. The first kappa shape index (κ1) is 16.1. The summed E-state index contributed by atoms with van der Waals surface area (Å²) in [5.74, 6) is 1.14. The molecule has 0 radical (unpaired) electrons. The number of hydrogen-bond acceptors (Lipinski definition) is 4. The molecule has 0 aliphatic heterocycles. The van der Waals surface area contributed by atoms with Crippen molar-refractivity contribution in [3.63, 3.8) is 0 Å². The zero-order chi connectivity index (χ0) is 17.2. The van der Waals surface area contributed by atoms with Crippen LogP contribution in [-0.2, 0) is 5.33 Å². The normalized spacial score (nSPS) is 11.0. The summed E-state index contributed by atoms with van der Waals surface area (Å²) >= 11 is 9.47. The van der Waals surface area contributed by atoms with Gasteiger partial charge in [-0.15, -0.1) is 15.3 Å². The highest BCUT2D eigenvalue weighted by Gasteiger charge is 2.11. The van der Waals surface area contributed by atoms with Crippen LogP contribution in [0.3, 0.4) is 0 Å². The molecule has 0 amide bonds. The molecule has 124 valence electrons. The first-order valence-electron chi connectivity index (χ1n) is 7.55. The van der Waals surface area contributed by atoms with Gasteiger partial charge in [-0.1, -0.05) is 58.4 Å². The third-order valence-corrected chi connectivity index (χ3v) is 4.58. The molecule has 4 rings (SSSR count). The van der Waals surface area contributed by atoms with Crippen LogP contribution in [0.5, 0.6) is 11.6 Å². The minimum Gasteiger partial charge on any atom is -0.437 e. The van der Waals surface area contributed by atoms with Gasteiger partial charge in [-0.2, -0.15) is 4.52 Å². The van der Waals surface area contributed by atoms with Gasteiger partial charge >= 0.3 is 0 Å². The van der Waals surface area contributed by atoms with Gasteiger partial charge in [0.05, 0.1) is 0 Å². The van der Waals surface area contributed by atoms with Crippen LogP contribution in [0.15, 0.2) is 60.7 Å². The minimum absolute atomic E-state index is 0.193. The van der Waals surface area contributed by atoms with Crippen molar-refractivity contribution in [2.75, 3.05) is 0 Å². The van der Waals surface area contributed by atoms with Gasteiger partial charge in [-0.25, -0.2) is 0 Å². The summed E-state index contributed by atoms with van der Waals surface area (Å²) < 4.78 is 7.51. The van der Waals surface area contributed by atoms with Gasteiger partial charge in [0.1, 0.15) is 5.75 Å². The Labute approximate surface area is 157 Å². The Bertz CT molecular complexity index is 1040. The number of benzene rings is 2. The summed E-state index contributed by atoms with van der Waals surface area (Å²) in [6.07, 6.45) is 0. The van der Waals surface area contributed by atoms with E-state index in [0.717, 1.165) is 27.8 Å². The van der Waals surface area contributed by atoms with E-state index in [2.05, 4.69) is 37.3 Å². The van der Waals surface area contributed by atoms with Crippen LogP contribution in [0.4, 0.5) is 0 Å². The first-order valence-corrected chi connectivity index (χ1v) is 9.04. The Morgan fingerprint density at radius 2 is 1.84 bits per heavy atom. The van der Waals surface area contributed by atoms with Crippen molar-refractivity contribution in [3.8, 4) is 22.8 Å². The number of aromatic nitrogens is 4. The maximum atomic E-state index is 6.07. The van der Waals surface area contributed by atoms with Gasteiger partial charge in [0.15, 0.2) is 5.65 Å². The smallest absolute Gasteiger partial charge is 0.246 e. The Morgan fingerprint density at radius 1 is 1.00 bits per heavy atom. The molecule has 0 spiro atoms. The minimum atomic E-state index is 0.193. The summed E-state index contributed by atoms with van der Waals surface area (Å²) in [7, 11) is 0. The highest BCUT2D eigenvalue weighted by molar-refractivity contribution is 9.08. The highest BCUT2D eigenvalue weighted by atomic mass is 79.9. The molecule has 7 heteroatoms. The number of ether oxygens (including phenoxy) is 1. The monoisotopic (exact) mass is 414 g/mol. The Kier molecular flexibility index (Phi) is 4.38. The zero-order valence-electron chi connectivity index (χ0n) is 12.9. The molecule has 0 aliphatic carbocycles. The van der Waals surface area contributed by atoms with Gasteiger partial charge < -0.3 is 4.74 Å². The molecule has 0 N–H and O–H groups in total. The molecule has 0 saturated carbocycles. The van der Waals surface area contributed by atoms with Crippen molar-refractivity contribution in [2.24, 2.45) is 0 Å². The lowest BCUT2D eigenvalue weighted by atomic mass is 10.0. The summed E-state index contributed by atoms with van der Waals surface area (Å²) in [6.45, 7) is 0. The van der Waals surface area contributed by atoms with Crippen LogP contribution in [0.25, 0.3) is 16.8 Å². The summed E-state index contributed by atoms with van der Waals surface area (Å²) in [6, 6.07) is 19.7. The van der Waals surface area contributed by atoms with E-state index in [1.807, 2.05) is 42.5 Å². The number of nitrogens with zero attached hydrogens (tertiary/aromatic N) is 4. The molecule has 2 aromatic heterocycles. The van der Waals surface area contributed by atoms with E-state index in [1.54, 1.807) is 12.1 Å². The van der Waals surface area contributed by atoms with Crippen molar-refractivity contribution in [1.82, 2.24) is 19.8 Å². The van der Waals surface area contributed by atoms with Crippen molar-refractivity contribution >= 4 is 33.2 Å². The lowest BCUT2D eigenvalue weighted by Crippen LogP contribution is -1.97.